The number of benzene rings is 1. The highest BCUT2D eigenvalue weighted by atomic mass is 35.5. The molecule has 2 atom stereocenters. The van der Waals surface area contributed by atoms with E-state index in [0.29, 0.717) is 11.8 Å². The highest BCUT2D eigenvalue weighted by molar-refractivity contribution is 6.18. The van der Waals surface area contributed by atoms with Crippen molar-refractivity contribution in [1.29, 1.82) is 5.26 Å². The Morgan fingerprint density at radius 1 is 1.64 bits per heavy atom. The zero-order valence-electron chi connectivity index (χ0n) is 8.13. The first kappa shape index (κ1) is 9.55. The Balaban J connectivity index is 2.31. The summed E-state index contributed by atoms with van der Waals surface area (Å²) in [5, 5.41) is 8.80. The fourth-order valence-electron chi connectivity index (χ4n) is 1.98. The largest absolute Gasteiger partial charge is 0.192 e. The molecule has 1 nitrogen and oxygen atoms in total. The van der Waals surface area contributed by atoms with Gasteiger partial charge >= 0.3 is 0 Å². The first-order chi connectivity index (χ1) is 6.70. The van der Waals surface area contributed by atoms with Gasteiger partial charge in [0.25, 0.3) is 0 Å². The lowest BCUT2D eigenvalue weighted by Gasteiger charge is -2.10. The first-order valence-corrected chi connectivity index (χ1v) is 5.31. The first-order valence-electron chi connectivity index (χ1n) is 4.77. The summed E-state index contributed by atoms with van der Waals surface area (Å²) in [4.78, 5) is 0. The van der Waals surface area contributed by atoms with Crippen LogP contribution in [0.2, 0.25) is 0 Å². The van der Waals surface area contributed by atoms with Crippen LogP contribution in [0, 0.1) is 17.2 Å². The van der Waals surface area contributed by atoms with E-state index in [2.05, 4.69) is 19.1 Å². The molecule has 1 aliphatic carbocycles. The van der Waals surface area contributed by atoms with E-state index < -0.39 is 0 Å². The zero-order chi connectivity index (χ0) is 10.2. The van der Waals surface area contributed by atoms with Crippen LogP contribution in [0.25, 0.3) is 0 Å². The summed E-state index contributed by atoms with van der Waals surface area (Å²) in [6.07, 6.45) is 1.14. The molecule has 1 aromatic carbocycles. The zero-order valence-corrected chi connectivity index (χ0v) is 8.88. The van der Waals surface area contributed by atoms with Crippen LogP contribution >= 0.6 is 11.6 Å². The Bertz CT molecular complexity index is 394. The molecule has 1 aliphatic rings. The van der Waals surface area contributed by atoms with Gasteiger partial charge in [-0.2, -0.15) is 5.26 Å². The van der Waals surface area contributed by atoms with Gasteiger partial charge in [0, 0.05) is 5.88 Å². The fourth-order valence-corrected chi connectivity index (χ4v) is 2.42. The van der Waals surface area contributed by atoms with Crippen LogP contribution in [0.5, 0.6) is 0 Å². The molecule has 0 radical (unpaired) electrons. The standard InChI is InChI=1S/C12H12ClN/c1-12(6-11(12)7-13)10-4-2-3-9(5-10)8-14/h2-5,11H,6-7H2,1H3. The van der Waals surface area contributed by atoms with Crippen molar-refractivity contribution in [1.82, 2.24) is 0 Å². The molecule has 1 fully saturated rings. The van der Waals surface area contributed by atoms with Crippen molar-refractivity contribution < 1.29 is 0 Å². The van der Waals surface area contributed by atoms with Crippen LogP contribution in [-0.2, 0) is 5.41 Å². The molecule has 0 spiro atoms. The second kappa shape index (κ2) is 3.29. The van der Waals surface area contributed by atoms with E-state index in [9.17, 15) is 0 Å². The second-order valence-electron chi connectivity index (χ2n) is 4.17. The van der Waals surface area contributed by atoms with E-state index >= 15 is 0 Å². The van der Waals surface area contributed by atoms with Crippen molar-refractivity contribution in [3.8, 4) is 6.07 Å². The van der Waals surface area contributed by atoms with Crippen molar-refractivity contribution in [3.05, 3.63) is 35.4 Å². The van der Waals surface area contributed by atoms with Gasteiger partial charge in [-0.3, -0.25) is 0 Å². The predicted octanol–water partition coefficient (Wildman–Crippen LogP) is 3.07. The molecule has 0 saturated heterocycles. The number of hydrogen-bond donors (Lipinski definition) is 0. The molecule has 2 heteroatoms. The van der Waals surface area contributed by atoms with Crippen molar-refractivity contribution in [3.63, 3.8) is 0 Å². The minimum Gasteiger partial charge on any atom is -0.192 e. The lowest BCUT2D eigenvalue weighted by atomic mass is 9.94. The van der Waals surface area contributed by atoms with E-state index in [0.717, 1.165) is 12.0 Å². The SMILES string of the molecule is CC1(c2cccc(C#N)c2)CC1CCl. The van der Waals surface area contributed by atoms with Crippen molar-refractivity contribution in [2.24, 2.45) is 5.92 Å². The number of alkyl halides is 1. The summed E-state index contributed by atoms with van der Waals surface area (Å²) in [5.74, 6) is 1.30. The van der Waals surface area contributed by atoms with Crippen LogP contribution in [0.1, 0.15) is 24.5 Å². The van der Waals surface area contributed by atoms with Gasteiger partial charge < -0.3 is 0 Å². The molecule has 72 valence electrons. The lowest BCUT2D eigenvalue weighted by molar-refractivity contribution is 0.705. The van der Waals surface area contributed by atoms with Gasteiger partial charge in [0.1, 0.15) is 0 Å². The quantitative estimate of drug-likeness (QED) is 0.681. The van der Waals surface area contributed by atoms with Crippen LogP contribution in [0.4, 0.5) is 0 Å². The van der Waals surface area contributed by atoms with Gasteiger partial charge in [-0.25, -0.2) is 0 Å². The summed E-state index contributed by atoms with van der Waals surface area (Å²) >= 11 is 5.84. The Labute approximate surface area is 89.3 Å². The summed E-state index contributed by atoms with van der Waals surface area (Å²) in [5.41, 5.74) is 2.21. The number of halogens is 1. The molecule has 1 aromatic rings. The Morgan fingerprint density at radius 2 is 2.43 bits per heavy atom. The van der Waals surface area contributed by atoms with Crippen LogP contribution in [-0.4, -0.2) is 5.88 Å². The molecular weight excluding hydrogens is 194 g/mol. The monoisotopic (exact) mass is 205 g/mol. The van der Waals surface area contributed by atoms with Crippen LogP contribution in [0.15, 0.2) is 24.3 Å². The maximum absolute atomic E-state index is 8.80. The highest BCUT2D eigenvalue weighted by Crippen LogP contribution is 2.54. The number of rotatable bonds is 2. The molecular formula is C12H12ClN. The van der Waals surface area contributed by atoms with Gasteiger partial charge in [0.05, 0.1) is 11.6 Å². The Kier molecular flexibility index (Phi) is 2.25. The predicted molar refractivity (Wildman–Crippen MR) is 57.3 cm³/mol. The molecule has 0 aliphatic heterocycles. The minimum atomic E-state index is 0.217. The van der Waals surface area contributed by atoms with Crippen molar-refractivity contribution >= 4 is 11.6 Å². The Morgan fingerprint density at radius 3 is 3.00 bits per heavy atom. The van der Waals surface area contributed by atoms with Crippen LogP contribution in [0.3, 0.4) is 0 Å². The topological polar surface area (TPSA) is 23.8 Å². The smallest absolute Gasteiger partial charge is 0.0991 e. The second-order valence-corrected chi connectivity index (χ2v) is 4.47. The van der Waals surface area contributed by atoms with Crippen molar-refractivity contribution in [2.45, 2.75) is 18.8 Å². The van der Waals surface area contributed by atoms with Gasteiger partial charge in [0.2, 0.25) is 0 Å². The molecule has 14 heavy (non-hydrogen) atoms. The number of nitriles is 1. The minimum absolute atomic E-state index is 0.217. The molecule has 2 rings (SSSR count). The summed E-state index contributed by atoms with van der Waals surface area (Å²) in [7, 11) is 0. The molecule has 2 unspecified atom stereocenters. The highest BCUT2D eigenvalue weighted by Gasteiger charge is 2.50. The Hall–Kier alpha value is -1.00. The molecule has 0 N–H and O–H groups in total. The third-order valence-electron chi connectivity index (χ3n) is 3.25. The van der Waals surface area contributed by atoms with Gasteiger partial charge in [0.15, 0.2) is 0 Å². The molecule has 0 bridgehead atoms. The van der Waals surface area contributed by atoms with E-state index in [-0.39, 0.29) is 5.41 Å². The average molecular weight is 206 g/mol. The molecule has 1 saturated carbocycles. The third kappa shape index (κ3) is 1.40. The van der Waals surface area contributed by atoms with Crippen LogP contribution < -0.4 is 0 Å². The normalized spacial score (nSPS) is 29.6. The maximum Gasteiger partial charge on any atom is 0.0991 e. The van der Waals surface area contributed by atoms with E-state index in [4.69, 9.17) is 16.9 Å². The van der Waals surface area contributed by atoms with E-state index in [1.165, 1.54) is 5.56 Å². The summed E-state index contributed by atoms with van der Waals surface area (Å²) in [6.45, 7) is 2.22. The fraction of sp³-hybridized carbons (Fsp3) is 0.417. The van der Waals surface area contributed by atoms with E-state index in [1.807, 2.05) is 18.2 Å². The average Bonchev–Trinajstić information content (AvgIpc) is 2.92. The summed E-state index contributed by atoms with van der Waals surface area (Å²) in [6, 6.07) is 10.0. The molecule has 0 heterocycles. The van der Waals surface area contributed by atoms with Crippen molar-refractivity contribution in [2.75, 3.05) is 5.88 Å². The van der Waals surface area contributed by atoms with Gasteiger partial charge in [-0.05, 0) is 35.4 Å². The summed E-state index contributed by atoms with van der Waals surface area (Å²) < 4.78 is 0. The number of hydrogen-bond acceptors (Lipinski definition) is 1. The number of nitrogens with zero attached hydrogens (tertiary/aromatic N) is 1. The van der Waals surface area contributed by atoms with E-state index in [1.54, 1.807) is 0 Å². The maximum atomic E-state index is 8.80. The molecule has 0 aromatic heterocycles. The lowest BCUT2D eigenvalue weighted by Crippen LogP contribution is -2.05. The van der Waals surface area contributed by atoms with Gasteiger partial charge in [-0.1, -0.05) is 19.1 Å². The molecule has 0 amide bonds. The third-order valence-corrected chi connectivity index (χ3v) is 3.62. The van der Waals surface area contributed by atoms with Gasteiger partial charge in [-0.15, -0.1) is 11.6 Å².